The first-order chi connectivity index (χ1) is 12.7. The van der Waals surface area contributed by atoms with Crippen molar-refractivity contribution in [1.29, 1.82) is 0 Å². The van der Waals surface area contributed by atoms with Crippen molar-refractivity contribution < 1.29 is 9.47 Å². The molecule has 0 radical (unpaired) electrons. The molecule has 0 N–H and O–H groups in total. The second kappa shape index (κ2) is 8.71. The number of aryl methyl sites for hydroxylation is 2. The zero-order valence-corrected chi connectivity index (χ0v) is 16.0. The summed E-state index contributed by atoms with van der Waals surface area (Å²) in [5.74, 6) is 2.54. The van der Waals surface area contributed by atoms with Crippen LogP contribution in [0.1, 0.15) is 17.5 Å². The van der Waals surface area contributed by atoms with E-state index in [9.17, 15) is 0 Å². The van der Waals surface area contributed by atoms with Gasteiger partial charge in [-0.3, -0.25) is 0 Å². The zero-order valence-electron chi connectivity index (χ0n) is 15.2. The molecule has 136 valence electrons. The van der Waals surface area contributed by atoms with Gasteiger partial charge in [0.1, 0.15) is 11.5 Å². The first-order valence-corrected chi connectivity index (χ1v) is 9.41. The lowest BCUT2D eigenvalue weighted by molar-refractivity contribution is 0.318. The number of aromatic nitrogens is 4. The Kier molecular flexibility index (Phi) is 6.12. The quantitative estimate of drug-likeness (QED) is 0.443. The van der Waals surface area contributed by atoms with E-state index in [4.69, 9.17) is 9.47 Å². The van der Waals surface area contributed by atoms with E-state index in [0.29, 0.717) is 6.61 Å². The molecule has 0 unspecified atom stereocenters. The Morgan fingerprint density at radius 1 is 1.04 bits per heavy atom. The van der Waals surface area contributed by atoms with E-state index < -0.39 is 0 Å². The van der Waals surface area contributed by atoms with E-state index in [1.165, 1.54) is 5.56 Å². The molecular weight excluding hydrogens is 348 g/mol. The highest BCUT2D eigenvalue weighted by Crippen LogP contribution is 2.22. The Morgan fingerprint density at radius 2 is 1.81 bits per heavy atom. The Morgan fingerprint density at radius 3 is 2.54 bits per heavy atom. The number of methoxy groups -OCH3 is 1. The molecule has 1 heterocycles. The number of hydrogen-bond donors (Lipinski definition) is 0. The Balaban J connectivity index is 1.50. The van der Waals surface area contributed by atoms with Gasteiger partial charge in [-0.05, 0) is 66.6 Å². The van der Waals surface area contributed by atoms with Gasteiger partial charge in [0.2, 0.25) is 5.16 Å². The van der Waals surface area contributed by atoms with Gasteiger partial charge in [0.05, 0.1) is 19.4 Å². The molecule has 6 nitrogen and oxygen atoms in total. The van der Waals surface area contributed by atoms with E-state index in [1.54, 1.807) is 23.6 Å². The molecule has 2 aromatic carbocycles. The van der Waals surface area contributed by atoms with Crippen LogP contribution in [0.2, 0.25) is 0 Å². The van der Waals surface area contributed by atoms with Crippen LogP contribution in [0.15, 0.2) is 47.6 Å². The van der Waals surface area contributed by atoms with E-state index in [2.05, 4.69) is 47.6 Å². The molecule has 0 aliphatic rings. The SMILES string of the molecule is COc1ccc(OCCCSc2nnnn2-c2ccc(C)cc2C)cc1. The number of tetrazole rings is 1. The van der Waals surface area contributed by atoms with Crippen molar-refractivity contribution in [2.24, 2.45) is 0 Å². The Hall–Kier alpha value is -2.54. The van der Waals surface area contributed by atoms with Crippen LogP contribution < -0.4 is 9.47 Å². The van der Waals surface area contributed by atoms with Crippen molar-refractivity contribution in [1.82, 2.24) is 20.2 Å². The van der Waals surface area contributed by atoms with Gasteiger partial charge in [-0.1, -0.05) is 29.5 Å². The third-order valence-corrected chi connectivity index (χ3v) is 4.87. The first-order valence-electron chi connectivity index (χ1n) is 8.43. The van der Waals surface area contributed by atoms with Gasteiger partial charge < -0.3 is 9.47 Å². The summed E-state index contributed by atoms with van der Waals surface area (Å²) in [6, 6.07) is 13.9. The summed E-state index contributed by atoms with van der Waals surface area (Å²) >= 11 is 1.63. The summed E-state index contributed by atoms with van der Waals surface area (Å²) in [6.45, 7) is 4.79. The second-order valence-corrected chi connectivity index (χ2v) is 6.95. The van der Waals surface area contributed by atoms with Gasteiger partial charge >= 0.3 is 0 Å². The molecule has 0 saturated heterocycles. The Labute approximate surface area is 157 Å². The molecule has 0 atom stereocenters. The lowest BCUT2D eigenvalue weighted by Crippen LogP contribution is -2.03. The van der Waals surface area contributed by atoms with Crippen molar-refractivity contribution in [3.8, 4) is 17.2 Å². The van der Waals surface area contributed by atoms with Gasteiger partial charge in [-0.25, -0.2) is 0 Å². The molecule has 0 bridgehead atoms. The number of benzene rings is 2. The predicted octanol–water partition coefficient (Wildman–Crippen LogP) is 3.85. The molecule has 0 fully saturated rings. The van der Waals surface area contributed by atoms with E-state index in [-0.39, 0.29) is 0 Å². The minimum atomic E-state index is 0.643. The zero-order chi connectivity index (χ0) is 18.4. The van der Waals surface area contributed by atoms with Gasteiger partial charge in [-0.15, -0.1) is 5.10 Å². The highest BCUT2D eigenvalue weighted by atomic mass is 32.2. The molecular formula is C19H22N4O2S. The lowest BCUT2D eigenvalue weighted by Gasteiger charge is -2.09. The molecule has 7 heteroatoms. The monoisotopic (exact) mass is 370 g/mol. The summed E-state index contributed by atoms with van der Waals surface area (Å²) < 4.78 is 12.7. The lowest BCUT2D eigenvalue weighted by atomic mass is 10.1. The standard InChI is InChI=1S/C19H22N4O2S/c1-14-5-10-18(15(2)13-14)23-19(20-21-22-23)26-12-4-11-25-17-8-6-16(24-3)7-9-17/h5-10,13H,4,11-12H2,1-3H3. The number of thioether (sulfide) groups is 1. The normalized spacial score (nSPS) is 10.7. The average Bonchev–Trinajstić information content (AvgIpc) is 3.10. The van der Waals surface area contributed by atoms with Crippen LogP contribution in [-0.2, 0) is 0 Å². The molecule has 0 amide bonds. The van der Waals surface area contributed by atoms with E-state index in [1.807, 2.05) is 24.3 Å². The average molecular weight is 370 g/mol. The maximum absolute atomic E-state index is 5.74. The van der Waals surface area contributed by atoms with Gasteiger partial charge in [0.15, 0.2) is 0 Å². The summed E-state index contributed by atoms with van der Waals surface area (Å²) in [6.07, 6.45) is 0.899. The van der Waals surface area contributed by atoms with Crippen molar-refractivity contribution in [3.63, 3.8) is 0 Å². The molecule has 3 rings (SSSR count). The van der Waals surface area contributed by atoms with Crippen LogP contribution >= 0.6 is 11.8 Å². The largest absolute Gasteiger partial charge is 0.497 e. The van der Waals surface area contributed by atoms with Gasteiger partial charge in [-0.2, -0.15) is 4.68 Å². The van der Waals surface area contributed by atoms with Crippen molar-refractivity contribution in [2.75, 3.05) is 19.5 Å². The molecule has 3 aromatic rings. The molecule has 0 aliphatic carbocycles. The minimum Gasteiger partial charge on any atom is -0.497 e. The van der Waals surface area contributed by atoms with Crippen molar-refractivity contribution >= 4 is 11.8 Å². The first kappa shape index (κ1) is 18.3. The minimum absolute atomic E-state index is 0.643. The number of nitrogens with zero attached hydrogens (tertiary/aromatic N) is 4. The highest BCUT2D eigenvalue weighted by molar-refractivity contribution is 7.99. The maximum Gasteiger partial charge on any atom is 0.214 e. The predicted molar refractivity (Wildman–Crippen MR) is 102 cm³/mol. The summed E-state index contributed by atoms with van der Waals surface area (Å²) in [4.78, 5) is 0. The topological polar surface area (TPSA) is 62.1 Å². The van der Waals surface area contributed by atoms with Crippen LogP contribution in [0.4, 0.5) is 0 Å². The van der Waals surface area contributed by atoms with Gasteiger partial charge in [0.25, 0.3) is 0 Å². The molecule has 26 heavy (non-hydrogen) atoms. The Bertz CT molecular complexity index is 849. The molecule has 0 aliphatic heterocycles. The van der Waals surface area contributed by atoms with Crippen LogP contribution in [0.5, 0.6) is 11.5 Å². The number of ether oxygens (including phenoxy) is 2. The molecule has 1 aromatic heterocycles. The number of hydrogen-bond acceptors (Lipinski definition) is 6. The van der Waals surface area contributed by atoms with E-state index in [0.717, 1.165) is 40.1 Å². The van der Waals surface area contributed by atoms with Crippen LogP contribution in [0, 0.1) is 13.8 Å². The fourth-order valence-electron chi connectivity index (χ4n) is 2.55. The number of rotatable bonds is 8. The van der Waals surface area contributed by atoms with E-state index >= 15 is 0 Å². The molecule has 0 saturated carbocycles. The maximum atomic E-state index is 5.74. The smallest absolute Gasteiger partial charge is 0.214 e. The summed E-state index contributed by atoms with van der Waals surface area (Å²) in [5.41, 5.74) is 3.39. The fourth-order valence-corrected chi connectivity index (χ4v) is 3.34. The second-order valence-electron chi connectivity index (χ2n) is 5.89. The van der Waals surface area contributed by atoms with Crippen LogP contribution in [0.3, 0.4) is 0 Å². The third kappa shape index (κ3) is 4.54. The molecule has 0 spiro atoms. The van der Waals surface area contributed by atoms with Crippen LogP contribution in [0.25, 0.3) is 5.69 Å². The summed E-state index contributed by atoms with van der Waals surface area (Å²) in [5, 5.41) is 12.9. The highest BCUT2D eigenvalue weighted by Gasteiger charge is 2.11. The van der Waals surface area contributed by atoms with Crippen LogP contribution in [-0.4, -0.2) is 39.7 Å². The van der Waals surface area contributed by atoms with Gasteiger partial charge in [0, 0.05) is 5.75 Å². The third-order valence-electron chi connectivity index (χ3n) is 3.87. The van der Waals surface area contributed by atoms with Crippen molar-refractivity contribution in [3.05, 3.63) is 53.6 Å². The summed E-state index contributed by atoms with van der Waals surface area (Å²) in [7, 11) is 1.65. The van der Waals surface area contributed by atoms with Crippen molar-refractivity contribution in [2.45, 2.75) is 25.4 Å². The fraction of sp³-hybridized carbons (Fsp3) is 0.316.